The van der Waals surface area contributed by atoms with E-state index in [9.17, 15) is 14.4 Å². The maximum absolute atomic E-state index is 11.7. The minimum atomic E-state index is -0.394. The normalized spacial score (nSPS) is 9.91. The van der Waals surface area contributed by atoms with Gasteiger partial charge in [-0.1, -0.05) is 0 Å². The van der Waals surface area contributed by atoms with E-state index in [0.29, 0.717) is 30.9 Å². The molecule has 0 saturated heterocycles. The second kappa shape index (κ2) is 9.55. The summed E-state index contributed by atoms with van der Waals surface area (Å²) in [5.41, 5.74) is 1.02. The molecule has 6 nitrogen and oxygen atoms in total. The molecular weight excluding hydrogens is 286 g/mol. The zero-order chi connectivity index (χ0) is 16.4. The Kier molecular flexibility index (Phi) is 7.67. The van der Waals surface area contributed by atoms with Crippen molar-refractivity contribution in [1.82, 2.24) is 0 Å². The standard InChI is InChI=1S/C16H21NO5/c1-3-21-15(19)7-5-6-14(18)17-13-10-8-12(9-11-13)16(20)22-4-2/h8-11H,3-7H2,1-2H3,(H,17,18). The summed E-state index contributed by atoms with van der Waals surface area (Å²) in [6.07, 6.45) is 0.896. The zero-order valence-corrected chi connectivity index (χ0v) is 12.9. The average molecular weight is 307 g/mol. The summed E-state index contributed by atoms with van der Waals surface area (Å²) in [5, 5.41) is 2.70. The highest BCUT2D eigenvalue weighted by atomic mass is 16.5. The molecule has 0 bridgehead atoms. The quantitative estimate of drug-likeness (QED) is 0.746. The van der Waals surface area contributed by atoms with Gasteiger partial charge < -0.3 is 14.8 Å². The molecule has 1 rings (SSSR count). The van der Waals surface area contributed by atoms with Crippen LogP contribution in [0.4, 0.5) is 5.69 Å². The Hall–Kier alpha value is -2.37. The van der Waals surface area contributed by atoms with E-state index in [1.165, 1.54) is 0 Å². The van der Waals surface area contributed by atoms with Gasteiger partial charge >= 0.3 is 11.9 Å². The number of carbonyl (C=O) groups excluding carboxylic acids is 3. The van der Waals surface area contributed by atoms with Gasteiger partial charge in [0.25, 0.3) is 0 Å². The lowest BCUT2D eigenvalue weighted by Crippen LogP contribution is -2.13. The summed E-state index contributed by atoms with van der Waals surface area (Å²) in [7, 11) is 0. The zero-order valence-electron chi connectivity index (χ0n) is 12.9. The van der Waals surface area contributed by atoms with Crippen molar-refractivity contribution in [2.45, 2.75) is 33.1 Å². The van der Waals surface area contributed by atoms with E-state index in [-0.39, 0.29) is 24.7 Å². The van der Waals surface area contributed by atoms with Crippen LogP contribution in [0.3, 0.4) is 0 Å². The molecule has 22 heavy (non-hydrogen) atoms. The first kappa shape index (κ1) is 17.7. The van der Waals surface area contributed by atoms with E-state index < -0.39 is 5.97 Å². The molecule has 0 aliphatic heterocycles. The van der Waals surface area contributed by atoms with Crippen molar-refractivity contribution >= 4 is 23.5 Å². The van der Waals surface area contributed by atoms with Crippen LogP contribution in [0, 0.1) is 0 Å². The summed E-state index contributed by atoms with van der Waals surface area (Å²) < 4.78 is 9.66. The fraction of sp³-hybridized carbons (Fsp3) is 0.438. The van der Waals surface area contributed by atoms with Gasteiger partial charge in [0.1, 0.15) is 0 Å². The van der Waals surface area contributed by atoms with Gasteiger partial charge in [0, 0.05) is 18.5 Å². The first-order valence-electron chi connectivity index (χ1n) is 7.29. The predicted octanol–water partition coefficient (Wildman–Crippen LogP) is 2.54. The van der Waals surface area contributed by atoms with Gasteiger partial charge in [-0.25, -0.2) is 4.79 Å². The third-order valence-electron chi connectivity index (χ3n) is 2.77. The summed E-state index contributed by atoms with van der Waals surface area (Å²) in [6, 6.07) is 6.45. The Morgan fingerprint density at radius 1 is 0.955 bits per heavy atom. The van der Waals surface area contributed by atoms with Crippen molar-refractivity contribution in [1.29, 1.82) is 0 Å². The highest BCUT2D eigenvalue weighted by Gasteiger charge is 2.08. The van der Waals surface area contributed by atoms with Crippen LogP contribution < -0.4 is 5.32 Å². The van der Waals surface area contributed by atoms with Crippen LogP contribution in [0.1, 0.15) is 43.5 Å². The largest absolute Gasteiger partial charge is 0.466 e. The molecule has 1 aromatic rings. The third kappa shape index (κ3) is 6.39. The molecule has 0 atom stereocenters. The second-order valence-corrected chi connectivity index (χ2v) is 4.50. The van der Waals surface area contributed by atoms with E-state index in [1.54, 1.807) is 38.1 Å². The minimum absolute atomic E-state index is 0.187. The Balaban J connectivity index is 2.38. The number of hydrogen-bond donors (Lipinski definition) is 1. The molecule has 0 aliphatic carbocycles. The number of nitrogens with one attached hydrogen (secondary N) is 1. The van der Waals surface area contributed by atoms with Crippen molar-refractivity contribution in [2.75, 3.05) is 18.5 Å². The predicted molar refractivity (Wildman–Crippen MR) is 81.5 cm³/mol. The molecule has 120 valence electrons. The number of anilines is 1. The van der Waals surface area contributed by atoms with Gasteiger partial charge in [-0.2, -0.15) is 0 Å². The van der Waals surface area contributed by atoms with E-state index in [2.05, 4.69) is 5.32 Å². The van der Waals surface area contributed by atoms with Crippen LogP contribution in [0.2, 0.25) is 0 Å². The molecule has 0 aromatic heterocycles. The number of esters is 2. The lowest BCUT2D eigenvalue weighted by Gasteiger charge is -2.06. The van der Waals surface area contributed by atoms with Crippen molar-refractivity contribution in [2.24, 2.45) is 0 Å². The number of hydrogen-bond acceptors (Lipinski definition) is 5. The first-order chi connectivity index (χ1) is 10.6. The summed E-state index contributed by atoms with van der Waals surface area (Å²) >= 11 is 0. The smallest absolute Gasteiger partial charge is 0.338 e. The SMILES string of the molecule is CCOC(=O)CCCC(=O)Nc1ccc(C(=O)OCC)cc1. The summed E-state index contributed by atoms with van der Waals surface area (Å²) in [6.45, 7) is 4.14. The Labute approximate surface area is 129 Å². The minimum Gasteiger partial charge on any atom is -0.466 e. The number of benzene rings is 1. The van der Waals surface area contributed by atoms with Gasteiger partial charge in [-0.05, 0) is 44.5 Å². The van der Waals surface area contributed by atoms with Crippen LogP contribution in [0.15, 0.2) is 24.3 Å². The highest BCUT2D eigenvalue weighted by Crippen LogP contribution is 2.11. The van der Waals surface area contributed by atoms with E-state index in [4.69, 9.17) is 9.47 Å². The van der Waals surface area contributed by atoms with E-state index in [0.717, 1.165) is 0 Å². The molecule has 1 aromatic carbocycles. The van der Waals surface area contributed by atoms with E-state index >= 15 is 0 Å². The third-order valence-corrected chi connectivity index (χ3v) is 2.77. The molecule has 0 heterocycles. The molecule has 1 N–H and O–H groups in total. The van der Waals surface area contributed by atoms with Gasteiger partial charge in [0.15, 0.2) is 0 Å². The number of rotatable bonds is 8. The summed E-state index contributed by atoms with van der Waals surface area (Å²) in [4.78, 5) is 34.3. The molecule has 0 saturated carbocycles. The summed E-state index contributed by atoms with van der Waals surface area (Å²) in [5.74, 6) is -0.878. The number of ether oxygens (including phenoxy) is 2. The van der Waals surface area contributed by atoms with Crippen LogP contribution in [-0.4, -0.2) is 31.1 Å². The number of carbonyl (C=O) groups is 3. The molecule has 0 radical (unpaired) electrons. The maximum Gasteiger partial charge on any atom is 0.338 e. The van der Waals surface area contributed by atoms with E-state index in [1.807, 2.05) is 0 Å². The maximum atomic E-state index is 11.7. The van der Waals surface area contributed by atoms with Crippen molar-refractivity contribution < 1.29 is 23.9 Å². The van der Waals surface area contributed by atoms with Crippen molar-refractivity contribution in [3.05, 3.63) is 29.8 Å². The van der Waals surface area contributed by atoms with Crippen LogP contribution >= 0.6 is 0 Å². The Bertz CT molecular complexity index is 510. The monoisotopic (exact) mass is 307 g/mol. The van der Waals surface area contributed by atoms with Crippen LogP contribution in [0.25, 0.3) is 0 Å². The highest BCUT2D eigenvalue weighted by molar-refractivity contribution is 5.93. The molecular formula is C16H21NO5. The van der Waals surface area contributed by atoms with Crippen LogP contribution in [0.5, 0.6) is 0 Å². The van der Waals surface area contributed by atoms with Crippen molar-refractivity contribution in [3.63, 3.8) is 0 Å². The second-order valence-electron chi connectivity index (χ2n) is 4.50. The molecule has 0 unspecified atom stereocenters. The Morgan fingerprint density at radius 2 is 1.59 bits per heavy atom. The number of amides is 1. The van der Waals surface area contributed by atoms with Crippen molar-refractivity contribution in [3.8, 4) is 0 Å². The fourth-order valence-corrected chi connectivity index (χ4v) is 1.75. The van der Waals surface area contributed by atoms with Crippen LogP contribution in [-0.2, 0) is 19.1 Å². The topological polar surface area (TPSA) is 81.7 Å². The molecule has 0 fully saturated rings. The fourth-order valence-electron chi connectivity index (χ4n) is 1.75. The first-order valence-corrected chi connectivity index (χ1v) is 7.29. The van der Waals surface area contributed by atoms with Gasteiger partial charge in [-0.15, -0.1) is 0 Å². The lowest BCUT2D eigenvalue weighted by molar-refractivity contribution is -0.143. The van der Waals surface area contributed by atoms with Gasteiger partial charge in [0.05, 0.1) is 18.8 Å². The molecule has 6 heteroatoms. The molecule has 0 spiro atoms. The lowest BCUT2D eigenvalue weighted by atomic mass is 10.2. The van der Waals surface area contributed by atoms with Gasteiger partial charge in [-0.3, -0.25) is 9.59 Å². The Morgan fingerprint density at radius 3 is 2.18 bits per heavy atom. The average Bonchev–Trinajstić information content (AvgIpc) is 2.48. The molecule has 0 aliphatic rings. The molecule has 1 amide bonds. The van der Waals surface area contributed by atoms with Gasteiger partial charge in [0.2, 0.25) is 5.91 Å².